The average molecular weight is 244 g/mol. The van der Waals surface area contributed by atoms with Crippen LogP contribution in [-0.4, -0.2) is 12.0 Å². The fourth-order valence-electron chi connectivity index (χ4n) is 1.24. The molecule has 0 spiro atoms. The molecule has 0 saturated carbocycles. The van der Waals surface area contributed by atoms with Crippen molar-refractivity contribution >= 4 is 35.2 Å². The van der Waals surface area contributed by atoms with Crippen molar-refractivity contribution in [1.29, 1.82) is 0 Å². The van der Waals surface area contributed by atoms with Crippen molar-refractivity contribution in [2.75, 3.05) is 0 Å². The molecule has 1 aromatic carbocycles. The largest absolute Gasteiger partial charge is 0.289 e. The van der Waals surface area contributed by atoms with Gasteiger partial charge in [-0.05, 0) is 24.1 Å². The Hall–Kier alpha value is -1.15. The van der Waals surface area contributed by atoms with Gasteiger partial charge in [-0.3, -0.25) is 4.79 Å². The first-order valence-corrected chi connectivity index (χ1v) is 4.95. The lowest BCUT2D eigenvalue weighted by molar-refractivity contribution is 0.100. The van der Waals surface area contributed by atoms with Gasteiger partial charge in [0.1, 0.15) is 0 Å². The highest BCUT2D eigenvalue weighted by molar-refractivity contribution is 6.37. The molecular weight excluding hydrogens is 237 g/mol. The fraction of sp³-hybridized carbons (Fsp3) is 0.200. The number of isocyanates is 1. The Bertz CT molecular complexity index is 451. The molecule has 1 aromatic rings. The van der Waals surface area contributed by atoms with Crippen LogP contribution in [0.3, 0.4) is 0 Å². The number of carbonyl (C=O) groups excluding carboxylic acids is 2. The van der Waals surface area contributed by atoms with Crippen molar-refractivity contribution in [2.45, 2.75) is 13.3 Å². The van der Waals surface area contributed by atoms with E-state index in [0.717, 1.165) is 0 Å². The highest BCUT2D eigenvalue weighted by Gasteiger charge is 2.15. The van der Waals surface area contributed by atoms with Crippen molar-refractivity contribution in [1.82, 2.24) is 0 Å². The smallest absolute Gasteiger partial charge is 0.266 e. The van der Waals surface area contributed by atoms with Crippen molar-refractivity contribution < 1.29 is 9.59 Å². The van der Waals surface area contributed by atoms with E-state index in [0.29, 0.717) is 17.0 Å². The second-order valence-electron chi connectivity index (χ2n) is 2.78. The van der Waals surface area contributed by atoms with Crippen molar-refractivity contribution in [2.24, 2.45) is 4.99 Å². The zero-order valence-electron chi connectivity index (χ0n) is 7.88. The van der Waals surface area contributed by atoms with Gasteiger partial charge in [0.05, 0.1) is 10.6 Å². The summed E-state index contributed by atoms with van der Waals surface area (Å²) in [6.45, 7) is 1.85. The fourth-order valence-corrected chi connectivity index (χ4v) is 1.86. The number of halogens is 2. The van der Waals surface area contributed by atoms with Gasteiger partial charge in [0.25, 0.3) is 5.91 Å². The third-order valence-electron chi connectivity index (χ3n) is 1.88. The molecule has 5 heteroatoms. The van der Waals surface area contributed by atoms with Crippen molar-refractivity contribution in [3.8, 4) is 0 Å². The molecule has 3 nitrogen and oxygen atoms in total. The van der Waals surface area contributed by atoms with Crippen LogP contribution in [0.4, 0.5) is 0 Å². The number of amides is 1. The van der Waals surface area contributed by atoms with E-state index in [4.69, 9.17) is 23.2 Å². The number of aryl methyl sites for hydroxylation is 1. The SMILES string of the molecule is CCc1cc(Cl)cc(Cl)c1C(=O)N=C=O. The molecule has 0 aliphatic carbocycles. The minimum atomic E-state index is -0.691. The molecule has 0 bridgehead atoms. The molecule has 0 saturated heterocycles. The van der Waals surface area contributed by atoms with Crippen molar-refractivity contribution in [3.63, 3.8) is 0 Å². The third kappa shape index (κ3) is 2.66. The Kier molecular flexibility index (Phi) is 4.04. The number of benzene rings is 1. The molecule has 1 rings (SSSR count). The normalized spacial score (nSPS) is 9.53. The number of rotatable bonds is 2. The van der Waals surface area contributed by atoms with Gasteiger partial charge in [-0.25, -0.2) is 4.79 Å². The van der Waals surface area contributed by atoms with Crippen LogP contribution in [0.5, 0.6) is 0 Å². The van der Waals surface area contributed by atoms with Crippen LogP contribution in [-0.2, 0) is 11.2 Å². The van der Waals surface area contributed by atoms with Gasteiger partial charge < -0.3 is 0 Å². The maximum absolute atomic E-state index is 11.4. The van der Waals surface area contributed by atoms with E-state index in [1.807, 2.05) is 6.92 Å². The average Bonchev–Trinajstić information content (AvgIpc) is 2.16. The van der Waals surface area contributed by atoms with Gasteiger partial charge in [0.2, 0.25) is 6.08 Å². The molecule has 0 aromatic heterocycles. The molecule has 15 heavy (non-hydrogen) atoms. The lowest BCUT2D eigenvalue weighted by Gasteiger charge is -2.06. The van der Waals surface area contributed by atoms with E-state index in [1.165, 1.54) is 12.1 Å². The van der Waals surface area contributed by atoms with Crippen molar-refractivity contribution in [3.05, 3.63) is 33.3 Å². The van der Waals surface area contributed by atoms with Crippen LogP contribution in [0.15, 0.2) is 17.1 Å². The summed E-state index contributed by atoms with van der Waals surface area (Å²) < 4.78 is 0. The minimum absolute atomic E-state index is 0.198. The number of carbonyl (C=O) groups is 1. The predicted molar refractivity (Wildman–Crippen MR) is 58.3 cm³/mol. The minimum Gasteiger partial charge on any atom is -0.266 e. The van der Waals surface area contributed by atoms with Gasteiger partial charge in [0, 0.05) is 5.02 Å². The third-order valence-corrected chi connectivity index (χ3v) is 2.39. The Morgan fingerprint density at radius 1 is 1.47 bits per heavy atom. The highest BCUT2D eigenvalue weighted by Crippen LogP contribution is 2.26. The van der Waals surface area contributed by atoms with Crippen LogP contribution < -0.4 is 0 Å². The van der Waals surface area contributed by atoms with Crippen LogP contribution >= 0.6 is 23.2 Å². The Morgan fingerprint density at radius 3 is 2.67 bits per heavy atom. The summed E-state index contributed by atoms with van der Waals surface area (Å²) in [5.74, 6) is -0.691. The summed E-state index contributed by atoms with van der Waals surface area (Å²) in [7, 11) is 0. The van der Waals surface area contributed by atoms with E-state index in [1.54, 1.807) is 6.07 Å². The number of hydrogen-bond donors (Lipinski definition) is 0. The summed E-state index contributed by atoms with van der Waals surface area (Å²) in [6.07, 6.45) is 1.77. The van der Waals surface area contributed by atoms with Gasteiger partial charge in [0.15, 0.2) is 0 Å². The van der Waals surface area contributed by atoms with Gasteiger partial charge in [-0.15, -0.1) is 4.99 Å². The molecule has 78 valence electrons. The van der Waals surface area contributed by atoms with Crippen LogP contribution in [0.1, 0.15) is 22.8 Å². The second-order valence-corrected chi connectivity index (χ2v) is 3.63. The molecule has 0 atom stereocenters. The maximum atomic E-state index is 11.4. The van der Waals surface area contributed by atoms with E-state index in [9.17, 15) is 9.59 Å². The molecule has 0 unspecified atom stereocenters. The van der Waals surface area contributed by atoms with Gasteiger partial charge in [-0.2, -0.15) is 0 Å². The summed E-state index contributed by atoms with van der Waals surface area (Å²) >= 11 is 11.6. The second kappa shape index (κ2) is 5.08. The molecule has 0 N–H and O–H groups in total. The topological polar surface area (TPSA) is 46.5 Å². The Morgan fingerprint density at radius 2 is 2.13 bits per heavy atom. The number of nitrogens with zero attached hydrogens (tertiary/aromatic N) is 1. The highest BCUT2D eigenvalue weighted by atomic mass is 35.5. The van der Waals surface area contributed by atoms with E-state index < -0.39 is 5.91 Å². The number of aliphatic imine (C=N–C) groups is 1. The number of hydrogen-bond acceptors (Lipinski definition) is 2. The summed E-state index contributed by atoms with van der Waals surface area (Å²) in [6, 6.07) is 3.07. The molecule has 0 radical (unpaired) electrons. The predicted octanol–water partition coefficient (Wildman–Crippen LogP) is 3.03. The lowest BCUT2D eigenvalue weighted by atomic mass is 10.0. The van der Waals surface area contributed by atoms with Crippen LogP contribution in [0.2, 0.25) is 10.0 Å². The van der Waals surface area contributed by atoms with E-state index in [-0.39, 0.29) is 10.6 Å². The Labute approximate surface area is 96.7 Å². The van der Waals surface area contributed by atoms with Crippen LogP contribution in [0.25, 0.3) is 0 Å². The van der Waals surface area contributed by atoms with E-state index >= 15 is 0 Å². The molecule has 0 heterocycles. The maximum Gasteiger partial charge on any atom is 0.289 e. The quantitative estimate of drug-likeness (QED) is 0.592. The molecule has 0 aliphatic rings. The molecule has 0 aliphatic heterocycles. The molecular formula is C10H7Cl2NO2. The lowest BCUT2D eigenvalue weighted by Crippen LogP contribution is -2.01. The zero-order valence-corrected chi connectivity index (χ0v) is 9.39. The molecule has 1 amide bonds. The Balaban J connectivity index is 3.38. The first kappa shape index (κ1) is 11.9. The standard InChI is InChI=1S/C10H7Cl2NO2/c1-2-6-3-7(11)4-8(12)9(6)10(15)13-5-14/h3-4H,2H2,1H3. The zero-order chi connectivity index (χ0) is 11.4. The first-order chi connectivity index (χ1) is 7.10. The van der Waals surface area contributed by atoms with E-state index in [2.05, 4.69) is 4.99 Å². The summed E-state index contributed by atoms with van der Waals surface area (Å²) in [5, 5.41) is 0.645. The van der Waals surface area contributed by atoms with Gasteiger partial charge in [-0.1, -0.05) is 30.1 Å². The summed E-state index contributed by atoms with van der Waals surface area (Å²) in [4.78, 5) is 24.4. The van der Waals surface area contributed by atoms with Gasteiger partial charge >= 0.3 is 0 Å². The molecule has 0 fully saturated rings. The monoisotopic (exact) mass is 243 g/mol. The first-order valence-electron chi connectivity index (χ1n) is 4.20. The summed E-state index contributed by atoms with van der Waals surface area (Å²) in [5.41, 5.74) is 0.878. The van der Waals surface area contributed by atoms with Crippen LogP contribution in [0, 0.1) is 0 Å².